The Balaban J connectivity index is 1.65. The van der Waals surface area contributed by atoms with Crippen molar-refractivity contribution in [3.05, 3.63) is 11.7 Å². The first-order valence-corrected chi connectivity index (χ1v) is 10.8. The van der Waals surface area contributed by atoms with Gasteiger partial charge in [-0.1, -0.05) is 19.0 Å². The van der Waals surface area contributed by atoms with Crippen LogP contribution in [0, 0.1) is 34.5 Å². The molecule has 0 saturated heterocycles. The lowest BCUT2D eigenvalue weighted by molar-refractivity contribution is -0.133. The van der Waals surface area contributed by atoms with Crippen LogP contribution in [-0.2, 0) is 9.63 Å². The molecule has 2 N–H and O–H groups in total. The molecule has 6 atom stereocenters. The number of hydrogen-bond acceptors (Lipinski definition) is 4. The van der Waals surface area contributed by atoms with E-state index in [-0.39, 0.29) is 34.9 Å². The van der Waals surface area contributed by atoms with Crippen molar-refractivity contribution in [3.63, 3.8) is 0 Å². The van der Waals surface area contributed by atoms with Gasteiger partial charge in [-0.05, 0) is 79.6 Å². The molecule has 0 amide bonds. The van der Waals surface area contributed by atoms with E-state index in [1.807, 2.05) is 6.92 Å². The molecule has 4 fully saturated rings. The molecule has 0 aromatic heterocycles. The minimum Gasteiger partial charge on any atom is -0.395 e. The van der Waals surface area contributed by atoms with E-state index in [0.717, 1.165) is 44.2 Å². The summed E-state index contributed by atoms with van der Waals surface area (Å²) in [7, 11) is 0. The van der Waals surface area contributed by atoms with Gasteiger partial charge in [-0.2, -0.15) is 8.78 Å². The van der Waals surface area contributed by atoms with Crippen LogP contribution < -0.4 is 5.73 Å². The Morgan fingerprint density at radius 1 is 1.18 bits per heavy atom. The maximum absolute atomic E-state index is 14.1. The van der Waals surface area contributed by atoms with Crippen molar-refractivity contribution in [2.75, 3.05) is 13.2 Å². The van der Waals surface area contributed by atoms with Crippen molar-refractivity contribution in [1.29, 1.82) is 0 Å². The van der Waals surface area contributed by atoms with Gasteiger partial charge >= 0.3 is 0 Å². The van der Waals surface area contributed by atoms with E-state index >= 15 is 0 Å². The number of allylic oxidation sites excluding steroid dienone is 1. The molecule has 6 heteroatoms. The number of fused-ring (bicyclic) bond motifs is 5. The highest BCUT2D eigenvalue weighted by Crippen LogP contribution is 2.67. The fourth-order valence-corrected chi connectivity index (χ4v) is 7.05. The molecule has 0 bridgehead atoms. The number of ketones is 1. The molecule has 4 aliphatic rings. The number of nitrogens with zero attached hydrogens (tertiary/aromatic N) is 1. The fraction of sp³-hybridized carbons (Fsp3) is 0.818. The summed E-state index contributed by atoms with van der Waals surface area (Å²) < 4.78 is 28.3. The highest BCUT2D eigenvalue weighted by atomic mass is 19.3. The number of carbonyl (C=O) groups excluding carboxylic acids is 1. The summed E-state index contributed by atoms with van der Waals surface area (Å²) in [5.74, 6) is 0.635. The molecule has 1 unspecified atom stereocenters. The lowest BCUT2D eigenvalue weighted by Crippen LogP contribution is -2.54. The Bertz CT molecular complexity index is 717. The van der Waals surface area contributed by atoms with Crippen LogP contribution in [0.2, 0.25) is 0 Å². The van der Waals surface area contributed by atoms with Crippen LogP contribution >= 0.6 is 0 Å². The first kappa shape index (κ1) is 20.0. The molecule has 4 nitrogen and oxygen atoms in total. The van der Waals surface area contributed by atoms with Gasteiger partial charge in [-0.15, -0.1) is 0 Å². The van der Waals surface area contributed by atoms with E-state index in [0.29, 0.717) is 31.6 Å². The second kappa shape index (κ2) is 7.19. The number of carbonyl (C=O) groups is 1. The van der Waals surface area contributed by atoms with Crippen molar-refractivity contribution in [2.24, 2.45) is 45.4 Å². The van der Waals surface area contributed by atoms with Gasteiger partial charge in [0.25, 0.3) is 6.08 Å². The summed E-state index contributed by atoms with van der Waals surface area (Å²) in [6.07, 6.45) is 4.52. The van der Waals surface area contributed by atoms with Crippen molar-refractivity contribution in [3.8, 4) is 0 Å². The molecule has 0 aliphatic heterocycles. The third-order valence-corrected chi connectivity index (χ3v) is 8.71. The molecular weight excluding hydrogens is 362 g/mol. The third-order valence-electron chi connectivity index (χ3n) is 8.71. The Labute approximate surface area is 165 Å². The predicted molar refractivity (Wildman–Crippen MR) is 104 cm³/mol. The van der Waals surface area contributed by atoms with Crippen molar-refractivity contribution >= 4 is 11.5 Å². The lowest BCUT2D eigenvalue weighted by atomic mass is 9.44. The van der Waals surface area contributed by atoms with E-state index < -0.39 is 11.5 Å². The first-order chi connectivity index (χ1) is 13.3. The van der Waals surface area contributed by atoms with E-state index in [1.165, 1.54) is 0 Å². The number of oxime groups is 1. The number of nitrogens with two attached hydrogens (primary N) is 1. The van der Waals surface area contributed by atoms with Crippen LogP contribution in [0.3, 0.4) is 0 Å². The molecule has 4 aliphatic carbocycles. The van der Waals surface area contributed by atoms with Gasteiger partial charge in [0, 0.05) is 18.4 Å². The highest BCUT2D eigenvalue weighted by Gasteiger charge is 2.62. The van der Waals surface area contributed by atoms with Gasteiger partial charge in [0.05, 0.1) is 5.71 Å². The van der Waals surface area contributed by atoms with Crippen LogP contribution in [0.25, 0.3) is 0 Å². The summed E-state index contributed by atoms with van der Waals surface area (Å²) >= 11 is 0. The Morgan fingerprint density at radius 2 is 1.96 bits per heavy atom. The molecule has 0 aromatic carbocycles. The molecule has 0 spiro atoms. The summed E-state index contributed by atoms with van der Waals surface area (Å²) in [5, 5.41) is 4.23. The van der Waals surface area contributed by atoms with Crippen LogP contribution in [0.5, 0.6) is 0 Å². The summed E-state index contributed by atoms with van der Waals surface area (Å²) in [4.78, 5) is 17.8. The Kier molecular flexibility index (Phi) is 5.13. The maximum atomic E-state index is 14.1. The summed E-state index contributed by atoms with van der Waals surface area (Å²) in [6, 6.07) is 0. The predicted octanol–water partition coefficient (Wildman–Crippen LogP) is 4.69. The summed E-state index contributed by atoms with van der Waals surface area (Å²) in [6.45, 7) is 5.14. The van der Waals surface area contributed by atoms with Crippen LogP contribution in [0.15, 0.2) is 16.8 Å². The number of rotatable bonds is 3. The highest BCUT2D eigenvalue weighted by molar-refractivity contribution is 5.87. The van der Waals surface area contributed by atoms with Crippen molar-refractivity contribution < 1.29 is 18.4 Å². The van der Waals surface area contributed by atoms with E-state index in [4.69, 9.17) is 10.6 Å². The lowest BCUT2D eigenvalue weighted by Gasteiger charge is -2.60. The zero-order valence-electron chi connectivity index (χ0n) is 17.0. The van der Waals surface area contributed by atoms with Gasteiger partial charge in [-0.25, -0.2) is 0 Å². The van der Waals surface area contributed by atoms with Gasteiger partial charge in [0.1, 0.15) is 12.4 Å². The fourth-order valence-electron chi connectivity index (χ4n) is 7.05. The molecule has 4 rings (SSSR count). The van der Waals surface area contributed by atoms with E-state index in [1.54, 1.807) is 0 Å². The smallest absolute Gasteiger partial charge is 0.269 e. The summed E-state index contributed by atoms with van der Waals surface area (Å²) in [5.41, 5.74) is 6.39. The van der Waals surface area contributed by atoms with Gasteiger partial charge < -0.3 is 10.6 Å². The average molecular weight is 395 g/mol. The molecule has 156 valence electrons. The van der Waals surface area contributed by atoms with Crippen LogP contribution in [0.1, 0.15) is 65.2 Å². The second-order valence-electron chi connectivity index (χ2n) is 9.83. The first-order valence-electron chi connectivity index (χ1n) is 10.8. The number of halogens is 2. The van der Waals surface area contributed by atoms with Gasteiger partial charge in [-0.3, -0.25) is 4.79 Å². The van der Waals surface area contributed by atoms with Crippen LogP contribution in [-0.4, -0.2) is 24.6 Å². The topological polar surface area (TPSA) is 64.7 Å². The minimum atomic E-state index is -1.51. The largest absolute Gasteiger partial charge is 0.395 e. The number of hydrogen-bond donors (Lipinski definition) is 1. The Morgan fingerprint density at radius 3 is 2.68 bits per heavy atom. The standard InChI is InChI=1S/C22H32F2N2O2/c1-21-7-5-14(26-28-10-9-25)11-13(21)12-15(20(23)24)19-16-3-4-18(27)22(16,2)8-6-17(19)21/h13,16-17,19H,3-12,25H2,1-2H3/t13?,16-,17+,19-,21-,22-/m0/s1. The van der Waals surface area contributed by atoms with Crippen molar-refractivity contribution in [2.45, 2.75) is 65.2 Å². The zero-order valence-corrected chi connectivity index (χ0v) is 17.0. The third kappa shape index (κ3) is 2.94. The second-order valence-corrected chi connectivity index (χ2v) is 9.83. The SMILES string of the molecule is C[C@]12CCC(=NOCCN)CC1CC(=C(F)F)[C@@H]1[C@H]2CC[C@]2(C)C(=O)CC[C@@H]12. The van der Waals surface area contributed by atoms with Gasteiger partial charge in [0.2, 0.25) is 0 Å². The van der Waals surface area contributed by atoms with E-state index in [2.05, 4.69) is 12.1 Å². The maximum Gasteiger partial charge on any atom is 0.269 e. The molecular formula is C22H32F2N2O2. The molecule has 4 saturated carbocycles. The van der Waals surface area contributed by atoms with Crippen LogP contribution in [0.4, 0.5) is 8.78 Å². The van der Waals surface area contributed by atoms with Crippen molar-refractivity contribution in [1.82, 2.24) is 0 Å². The Hall–Kier alpha value is -1.30. The molecule has 28 heavy (non-hydrogen) atoms. The van der Waals surface area contributed by atoms with E-state index in [9.17, 15) is 13.6 Å². The normalized spacial score (nSPS) is 44.1. The monoisotopic (exact) mass is 394 g/mol. The molecule has 0 aromatic rings. The molecule has 0 heterocycles. The van der Waals surface area contributed by atoms with Gasteiger partial charge in [0.15, 0.2) is 0 Å². The molecule has 0 radical (unpaired) electrons. The minimum absolute atomic E-state index is 0.0312. The average Bonchev–Trinajstić information content (AvgIpc) is 2.96. The number of Topliss-reactive ketones (excluding diaryl/α,β-unsaturated/α-hetero) is 1. The zero-order chi connectivity index (χ0) is 20.1. The quantitative estimate of drug-likeness (QED) is 0.558.